The zero-order valence-electron chi connectivity index (χ0n) is 18.7. The van der Waals surface area contributed by atoms with Gasteiger partial charge >= 0.3 is 0 Å². The number of rotatable bonds is 5. The zero-order chi connectivity index (χ0) is 23.0. The van der Waals surface area contributed by atoms with Crippen molar-refractivity contribution in [2.75, 3.05) is 25.5 Å². The second-order valence-corrected chi connectivity index (χ2v) is 8.51. The van der Waals surface area contributed by atoms with Gasteiger partial charge in [-0.25, -0.2) is 18.7 Å². The number of aryl methyl sites for hydroxylation is 1. The number of amides is 1. The average Bonchev–Trinajstić information content (AvgIpc) is 3.14. The lowest BCUT2D eigenvalue weighted by molar-refractivity contribution is -0.119. The van der Waals surface area contributed by atoms with Gasteiger partial charge in [-0.2, -0.15) is 0 Å². The van der Waals surface area contributed by atoms with Crippen molar-refractivity contribution in [3.05, 3.63) is 51.8 Å². The molecule has 170 valence electrons. The number of likely N-dealkylation sites (tertiary alicyclic amines) is 1. The number of nitrogens with zero attached hydrogens (tertiary/aromatic N) is 4. The summed E-state index contributed by atoms with van der Waals surface area (Å²) in [6.07, 6.45) is 4.95. The predicted molar refractivity (Wildman–Crippen MR) is 119 cm³/mol. The molecule has 32 heavy (non-hydrogen) atoms. The van der Waals surface area contributed by atoms with Gasteiger partial charge in [0.25, 0.3) is 0 Å². The molecule has 2 aromatic rings. The first-order chi connectivity index (χ1) is 15.2. The topological polar surface area (TPSA) is 73.4 Å². The fourth-order valence-corrected chi connectivity index (χ4v) is 4.44. The number of carbonyl (C=O) groups is 1. The van der Waals surface area contributed by atoms with Crippen LogP contribution in [0.1, 0.15) is 37.7 Å². The molecule has 2 aliphatic heterocycles. The van der Waals surface area contributed by atoms with Crippen molar-refractivity contribution in [2.24, 2.45) is 0 Å². The van der Waals surface area contributed by atoms with Gasteiger partial charge in [0, 0.05) is 56.2 Å². The first-order valence-electron chi connectivity index (χ1n) is 10.7. The van der Waals surface area contributed by atoms with Crippen molar-refractivity contribution < 1.29 is 13.6 Å². The second kappa shape index (κ2) is 8.82. The van der Waals surface area contributed by atoms with Gasteiger partial charge in [-0.1, -0.05) is 6.07 Å². The Labute approximate surface area is 185 Å². The number of benzene rings is 1. The van der Waals surface area contributed by atoms with Crippen LogP contribution >= 0.6 is 0 Å². The van der Waals surface area contributed by atoms with Crippen molar-refractivity contribution in [2.45, 2.75) is 45.4 Å². The van der Waals surface area contributed by atoms with E-state index < -0.39 is 17.7 Å². The van der Waals surface area contributed by atoms with Crippen LogP contribution in [-0.2, 0) is 4.79 Å². The van der Waals surface area contributed by atoms with Gasteiger partial charge < -0.3 is 15.5 Å². The van der Waals surface area contributed by atoms with E-state index in [0.717, 1.165) is 36.1 Å². The summed E-state index contributed by atoms with van der Waals surface area (Å²) in [5.74, 6) is -0.0196. The Morgan fingerprint density at radius 2 is 2.06 bits per heavy atom. The molecule has 1 amide bonds. The number of halogens is 2. The normalized spacial score (nSPS) is 21.4. The smallest absolute Gasteiger partial charge is 0.217 e. The Balaban J connectivity index is 1.65. The van der Waals surface area contributed by atoms with Crippen LogP contribution in [-0.4, -0.2) is 58.0 Å². The molecule has 0 radical (unpaired) electrons. The summed E-state index contributed by atoms with van der Waals surface area (Å²) in [4.78, 5) is 25.0. The minimum atomic E-state index is -0.606. The van der Waals surface area contributed by atoms with Crippen LogP contribution < -0.4 is 21.2 Å². The number of hydrogen-bond donors (Lipinski definition) is 2. The molecule has 1 aromatic heterocycles. The second-order valence-electron chi connectivity index (χ2n) is 8.51. The fourth-order valence-electron chi connectivity index (χ4n) is 4.44. The highest BCUT2D eigenvalue weighted by Crippen LogP contribution is 2.21. The maximum atomic E-state index is 14.3. The van der Waals surface area contributed by atoms with Crippen LogP contribution in [0.15, 0.2) is 18.2 Å². The number of nitrogens with one attached hydrogen (secondary N) is 2. The van der Waals surface area contributed by atoms with E-state index in [0.29, 0.717) is 17.2 Å². The van der Waals surface area contributed by atoms with Crippen molar-refractivity contribution in [1.29, 1.82) is 0 Å². The highest BCUT2D eigenvalue weighted by atomic mass is 19.1. The Hall–Kier alpha value is -3.07. The molecule has 0 aliphatic carbocycles. The highest BCUT2D eigenvalue weighted by molar-refractivity contribution is 5.73. The van der Waals surface area contributed by atoms with Crippen molar-refractivity contribution >= 4 is 24.0 Å². The molecule has 0 saturated carbocycles. The van der Waals surface area contributed by atoms with Gasteiger partial charge in [0.05, 0.1) is 11.4 Å². The maximum absolute atomic E-state index is 14.3. The molecule has 1 saturated heterocycles. The van der Waals surface area contributed by atoms with Crippen LogP contribution in [0.25, 0.3) is 12.3 Å². The van der Waals surface area contributed by atoms with E-state index in [1.807, 2.05) is 27.1 Å². The van der Waals surface area contributed by atoms with E-state index in [1.165, 1.54) is 19.1 Å². The van der Waals surface area contributed by atoms with Crippen molar-refractivity contribution in [3.8, 4) is 0 Å². The predicted octanol–water partition coefficient (Wildman–Crippen LogP) is 1.24. The van der Waals surface area contributed by atoms with Crippen molar-refractivity contribution in [1.82, 2.24) is 25.1 Å². The van der Waals surface area contributed by atoms with Crippen LogP contribution in [0.3, 0.4) is 0 Å². The number of carbonyl (C=O) groups excluding carboxylic acids is 1. The lowest BCUT2D eigenvalue weighted by Crippen LogP contribution is -2.50. The van der Waals surface area contributed by atoms with Gasteiger partial charge in [-0.05, 0) is 32.4 Å². The van der Waals surface area contributed by atoms with Crippen LogP contribution in [0, 0.1) is 18.6 Å². The molecule has 0 spiro atoms. The largest absolute Gasteiger partial charge is 0.363 e. The van der Waals surface area contributed by atoms with Gasteiger partial charge in [0.15, 0.2) is 0 Å². The first kappa shape index (κ1) is 22.1. The summed E-state index contributed by atoms with van der Waals surface area (Å²) in [5, 5.41) is 7.91. The maximum Gasteiger partial charge on any atom is 0.217 e. The standard InChI is InChI=1S/C23H28F2N6O/c1-13(18-6-5-16(24)9-20(18)25)26-23-19-10-22(30(4)12-21(19)27-14(2)28-23)31-8-7-17(11-31)29-15(3)32/h5-6,9-10,12-13,17,22H,7-8,11H2,1-4H3,(H,29,32)(H,26,27,28)/t13-,17-,22?/m1/s1. The fraction of sp³-hybridized carbons (Fsp3) is 0.435. The molecular weight excluding hydrogens is 414 g/mol. The van der Waals surface area contributed by atoms with Crippen LogP contribution in [0.2, 0.25) is 0 Å². The molecule has 1 unspecified atom stereocenters. The third kappa shape index (κ3) is 4.57. The van der Waals surface area contributed by atoms with Gasteiger partial charge in [-0.3, -0.25) is 9.69 Å². The zero-order valence-corrected chi connectivity index (χ0v) is 18.7. The van der Waals surface area contributed by atoms with E-state index >= 15 is 0 Å². The van der Waals surface area contributed by atoms with Gasteiger partial charge in [0.2, 0.25) is 5.91 Å². The third-order valence-corrected chi connectivity index (χ3v) is 5.93. The lowest BCUT2D eigenvalue weighted by atomic mass is 10.1. The minimum Gasteiger partial charge on any atom is -0.363 e. The summed E-state index contributed by atoms with van der Waals surface area (Å²) in [6.45, 7) is 6.77. The number of anilines is 1. The SMILES string of the molecule is CC(=O)N[C@@H]1CCN(C2C=c3c(N[C@H](C)c4ccc(F)cc4F)nc(C)nc3=CN2C)C1. The van der Waals surface area contributed by atoms with E-state index in [4.69, 9.17) is 0 Å². The molecule has 1 fully saturated rings. The summed E-state index contributed by atoms with van der Waals surface area (Å²) >= 11 is 0. The molecule has 1 aromatic carbocycles. The van der Waals surface area contributed by atoms with Crippen molar-refractivity contribution in [3.63, 3.8) is 0 Å². The summed E-state index contributed by atoms with van der Waals surface area (Å²) in [6, 6.07) is 3.29. The summed E-state index contributed by atoms with van der Waals surface area (Å²) in [7, 11) is 2.00. The van der Waals surface area contributed by atoms with E-state index in [1.54, 1.807) is 0 Å². The van der Waals surface area contributed by atoms with E-state index in [9.17, 15) is 13.6 Å². The first-order valence-corrected chi connectivity index (χ1v) is 10.7. The summed E-state index contributed by atoms with van der Waals surface area (Å²) < 4.78 is 27.6. The van der Waals surface area contributed by atoms with Crippen LogP contribution in [0.5, 0.6) is 0 Å². The van der Waals surface area contributed by atoms with E-state index in [-0.39, 0.29) is 18.1 Å². The minimum absolute atomic E-state index is 0.0212. The Kier molecular flexibility index (Phi) is 6.10. The molecular formula is C23H28F2N6O. The Morgan fingerprint density at radius 1 is 1.28 bits per heavy atom. The number of hydrogen-bond acceptors (Lipinski definition) is 6. The third-order valence-electron chi connectivity index (χ3n) is 5.93. The van der Waals surface area contributed by atoms with Gasteiger partial charge in [-0.15, -0.1) is 0 Å². The molecule has 2 N–H and O–H groups in total. The Morgan fingerprint density at radius 3 is 2.78 bits per heavy atom. The Bertz CT molecular complexity index is 1150. The molecule has 2 aliphatic rings. The monoisotopic (exact) mass is 442 g/mol. The summed E-state index contributed by atoms with van der Waals surface area (Å²) in [5.41, 5.74) is 0.363. The number of fused-ring (bicyclic) bond motifs is 1. The van der Waals surface area contributed by atoms with Crippen LogP contribution in [0.4, 0.5) is 14.6 Å². The molecule has 3 atom stereocenters. The molecule has 3 heterocycles. The van der Waals surface area contributed by atoms with E-state index in [2.05, 4.69) is 36.5 Å². The molecule has 7 nitrogen and oxygen atoms in total. The molecule has 0 bridgehead atoms. The quantitative estimate of drug-likeness (QED) is 0.726. The molecule has 9 heteroatoms. The number of aromatic nitrogens is 2. The lowest BCUT2D eigenvalue weighted by Gasteiger charge is -2.34. The van der Waals surface area contributed by atoms with Gasteiger partial charge in [0.1, 0.15) is 29.4 Å². The average molecular weight is 443 g/mol. The molecule has 4 rings (SSSR count). The highest BCUT2D eigenvalue weighted by Gasteiger charge is 2.30.